The molecule has 0 amide bonds. The van der Waals surface area contributed by atoms with E-state index in [-0.39, 0.29) is 0 Å². The van der Waals surface area contributed by atoms with Gasteiger partial charge >= 0.3 is 0 Å². The van der Waals surface area contributed by atoms with Gasteiger partial charge in [0.2, 0.25) is 0 Å². The van der Waals surface area contributed by atoms with Crippen molar-refractivity contribution in [1.82, 2.24) is 0 Å². The van der Waals surface area contributed by atoms with Gasteiger partial charge in [-0.2, -0.15) is 0 Å². The van der Waals surface area contributed by atoms with Crippen LogP contribution < -0.4 is 15.8 Å². The normalized spacial score (nSPS) is 12.7. The molecular formula is C17H20BrN3OS. The van der Waals surface area contributed by atoms with E-state index in [1.807, 2.05) is 36.4 Å². The smallest absolute Gasteiger partial charge is 0.193 e. The third-order valence-electron chi connectivity index (χ3n) is 3.04. The van der Waals surface area contributed by atoms with Crippen molar-refractivity contribution in [3.05, 3.63) is 53.0 Å². The van der Waals surface area contributed by atoms with Crippen LogP contribution in [0.4, 0.5) is 5.69 Å². The molecular weight excluding hydrogens is 374 g/mol. The number of nitrogens with two attached hydrogens (primary N) is 1. The minimum atomic E-state index is 0.328. The number of hydrogen-bond donors (Lipinski definition) is 2. The highest BCUT2D eigenvalue weighted by molar-refractivity contribution is 9.10. The van der Waals surface area contributed by atoms with E-state index >= 15 is 0 Å². The van der Waals surface area contributed by atoms with E-state index in [0.717, 1.165) is 15.9 Å². The monoisotopic (exact) mass is 393 g/mol. The maximum absolute atomic E-state index is 5.96. The third kappa shape index (κ3) is 5.80. The summed E-state index contributed by atoms with van der Waals surface area (Å²) in [6.45, 7) is 2.77. The largest absolute Gasteiger partial charge is 0.495 e. The molecule has 6 heteroatoms. The number of rotatable bonds is 6. The van der Waals surface area contributed by atoms with Gasteiger partial charge in [-0.05, 0) is 36.4 Å². The summed E-state index contributed by atoms with van der Waals surface area (Å²) in [7, 11) is 1.63. The summed E-state index contributed by atoms with van der Waals surface area (Å²) in [6.07, 6.45) is 0. The molecule has 23 heavy (non-hydrogen) atoms. The average Bonchev–Trinajstić information content (AvgIpc) is 2.55. The fourth-order valence-electron chi connectivity index (χ4n) is 1.94. The first-order valence-electron chi connectivity index (χ1n) is 7.20. The molecule has 0 heterocycles. The molecule has 0 radical (unpaired) electrons. The number of benzene rings is 2. The SMILES string of the molecule is COc1ccccc1NC(N)=NCC(C)Sc1ccc(Br)cc1. The van der Waals surface area contributed by atoms with Crippen molar-refractivity contribution in [3.63, 3.8) is 0 Å². The second-order valence-electron chi connectivity index (χ2n) is 4.93. The van der Waals surface area contributed by atoms with Crippen molar-refractivity contribution in [3.8, 4) is 5.75 Å². The summed E-state index contributed by atoms with van der Waals surface area (Å²) in [5.41, 5.74) is 6.77. The van der Waals surface area contributed by atoms with Crippen LogP contribution in [-0.2, 0) is 0 Å². The summed E-state index contributed by atoms with van der Waals surface area (Å²) in [4.78, 5) is 5.62. The zero-order valence-corrected chi connectivity index (χ0v) is 15.5. The van der Waals surface area contributed by atoms with Crippen molar-refractivity contribution in [2.24, 2.45) is 10.7 Å². The predicted octanol–water partition coefficient (Wildman–Crippen LogP) is 4.37. The minimum absolute atomic E-state index is 0.328. The van der Waals surface area contributed by atoms with Gasteiger partial charge in [0.15, 0.2) is 5.96 Å². The fourth-order valence-corrected chi connectivity index (χ4v) is 3.11. The number of methoxy groups -OCH3 is 1. The lowest BCUT2D eigenvalue weighted by Crippen LogP contribution is -2.24. The summed E-state index contributed by atoms with van der Waals surface area (Å²) in [5, 5.41) is 3.40. The molecule has 2 aromatic carbocycles. The van der Waals surface area contributed by atoms with Crippen LogP contribution >= 0.6 is 27.7 Å². The number of hydrogen-bond acceptors (Lipinski definition) is 3. The Hall–Kier alpha value is -1.66. The first kappa shape index (κ1) is 17.7. The van der Waals surface area contributed by atoms with Crippen molar-refractivity contribution in [2.75, 3.05) is 19.0 Å². The molecule has 0 aliphatic carbocycles. The van der Waals surface area contributed by atoms with Gasteiger partial charge in [-0.15, -0.1) is 11.8 Å². The number of thioether (sulfide) groups is 1. The van der Waals surface area contributed by atoms with E-state index in [2.05, 4.69) is 45.3 Å². The highest BCUT2D eigenvalue weighted by Crippen LogP contribution is 2.25. The lowest BCUT2D eigenvalue weighted by atomic mass is 10.3. The zero-order valence-electron chi connectivity index (χ0n) is 13.1. The topological polar surface area (TPSA) is 59.6 Å². The van der Waals surface area contributed by atoms with Crippen LogP contribution in [0.1, 0.15) is 6.92 Å². The quantitative estimate of drug-likeness (QED) is 0.434. The van der Waals surface area contributed by atoms with Crippen molar-refractivity contribution in [2.45, 2.75) is 17.1 Å². The molecule has 0 aromatic heterocycles. The van der Waals surface area contributed by atoms with E-state index in [1.165, 1.54) is 4.90 Å². The Morgan fingerprint density at radius 3 is 2.65 bits per heavy atom. The van der Waals surface area contributed by atoms with E-state index in [0.29, 0.717) is 17.8 Å². The maximum Gasteiger partial charge on any atom is 0.193 e. The van der Waals surface area contributed by atoms with Crippen LogP contribution in [0.15, 0.2) is 62.9 Å². The first-order chi connectivity index (χ1) is 11.1. The average molecular weight is 394 g/mol. The van der Waals surface area contributed by atoms with Crippen molar-refractivity contribution < 1.29 is 4.74 Å². The number of para-hydroxylation sites is 2. The van der Waals surface area contributed by atoms with Gasteiger partial charge in [0.05, 0.1) is 19.3 Å². The van der Waals surface area contributed by atoms with Crippen molar-refractivity contribution >= 4 is 39.3 Å². The molecule has 0 saturated heterocycles. The van der Waals surface area contributed by atoms with E-state index in [1.54, 1.807) is 18.9 Å². The molecule has 0 fully saturated rings. The molecule has 0 spiro atoms. The number of nitrogens with one attached hydrogen (secondary N) is 1. The summed E-state index contributed by atoms with van der Waals surface area (Å²) < 4.78 is 6.36. The molecule has 2 rings (SSSR count). The Morgan fingerprint density at radius 1 is 1.26 bits per heavy atom. The van der Waals surface area contributed by atoms with Crippen LogP contribution in [-0.4, -0.2) is 24.9 Å². The molecule has 3 N–H and O–H groups in total. The minimum Gasteiger partial charge on any atom is -0.495 e. The molecule has 0 aliphatic heterocycles. The second-order valence-corrected chi connectivity index (χ2v) is 7.36. The number of ether oxygens (including phenoxy) is 1. The number of halogens is 1. The molecule has 1 atom stereocenters. The Labute approximate surface area is 149 Å². The van der Waals surface area contributed by atoms with Crippen LogP contribution in [0.5, 0.6) is 5.75 Å². The van der Waals surface area contributed by atoms with Crippen LogP contribution in [0.2, 0.25) is 0 Å². The Balaban J connectivity index is 1.89. The molecule has 2 aromatic rings. The molecule has 0 bridgehead atoms. The summed E-state index contributed by atoms with van der Waals surface area (Å²) in [6, 6.07) is 15.9. The fraction of sp³-hybridized carbons (Fsp3) is 0.235. The number of guanidine groups is 1. The molecule has 122 valence electrons. The predicted molar refractivity (Wildman–Crippen MR) is 103 cm³/mol. The first-order valence-corrected chi connectivity index (χ1v) is 8.88. The summed E-state index contributed by atoms with van der Waals surface area (Å²) >= 11 is 5.21. The van der Waals surface area contributed by atoms with Gasteiger partial charge < -0.3 is 15.8 Å². The third-order valence-corrected chi connectivity index (χ3v) is 4.66. The number of aliphatic imine (C=N–C) groups is 1. The lowest BCUT2D eigenvalue weighted by molar-refractivity contribution is 0.417. The van der Waals surface area contributed by atoms with E-state index in [4.69, 9.17) is 10.5 Å². The Morgan fingerprint density at radius 2 is 1.96 bits per heavy atom. The maximum atomic E-state index is 5.96. The summed E-state index contributed by atoms with van der Waals surface area (Å²) in [5.74, 6) is 1.13. The Bertz CT molecular complexity index is 661. The molecule has 0 saturated carbocycles. The van der Waals surface area contributed by atoms with Gasteiger partial charge in [-0.3, -0.25) is 4.99 Å². The Kier molecular flexibility index (Phi) is 6.80. The van der Waals surface area contributed by atoms with E-state index in [9.17, 15) is 0 Å². The zero-order chi connectivity index (χ0) is 16.7. The molecule has 4 nitrogen and oxygen atoms in total. The number of anilines is 1. The highest BCUT2D eigenvalue weighted by Gasteiger charge is 2.06. The van der Waals surface area contributed by atoms with Crippen LogP contribution in [0, 0.1) is 0 Å². The second kappa shape index (κ2) is 8.84. The van der Waals surface area contributed by atoms with Gasteiger partial charge in [-0.25, -0.2) is 0 Å². The van der Waals surface area contributed by atoms with Crippen molar-refractivity contribution in [1.29, 1.82) is 0 Å². The molecule has 0 aliphatic rings. The highest BCUT2D eigenvalue weighted by atomic mass is 79.9. The molecule has 1 unspecified atom stereocenters. The van der Waals surface area contributed by atoms with Crippen LogP contribution in [0.3, 0.4) is 0 Å². The lowest BCUT2D eigenvalue weighted by Gasteiger charge is -2.12. The van der Waals surface area contributed by atoms with E-state index < -0.39 is 0 Å². The van der Waals surface area contributed by atoms with Gasteiger partial charge in [0, 0.05) is 14.6 Å². The van der Waals surface area contributed by atoms with Gasteiger partial charge in [0.1, 0.15) is 5.75 Å². The van der Waals surface area contributed by atoms with Crippen LogP contribution in [0.25, 0.3) is 0 Å². The standard InChI is InChI=1S/C17H20BrN3OS/c1-12(23-14-9-7-13(18)8-10-14)11-20-17(19)21-15-5-3-4-6-16(15)22-2/h3-10,12H,11H2,1-2H3,(H3,19,20,21). The van der Waals surface area contributed by atoms with Gasteiger partial charge in [-0.1, -0.05) is 35.0 Å². The number of nitrogens with zero attached hydrogens (tertiary/aromatic N) is 1. The van der Waals surface area contributed by atoms with Gasteiger partial charge in [0.25, 0.3) is 0 Å².